The molecule has 2 aromatic carbocycles. The van der Waals surface area contributed by atoms with Gasteiger partial charge in [-0.2, -0.15) is 0 Å². The van der Waals surface area contributed by atoms with E-state index < -0.39 is 0 Å². The van der Waals surface area contributed by atoms with Crippen molar-refractivity contribution in [2.75, 3.05) is 12.3 Å². The summed E-state index contributed by atoms with van der Waals surface area (Å²) < 4.78 is 13.4. The van der Waals surface area contributed by atoms with Gasteiger partial charge in [0, 0.05) is 12.2 Å². The van der Waals surface area contributed by atoms with Crippen molar-refractivity contribution >= 4 is 11.6 Å². The highest BCUT2D eigenvalue weighted by molar-refractivity contribution is 5.80. The first-order valence-corrected chi connectivity index (χ1v) is 6.50. The quantitative estimate of drug-likeness (QED) is 0.821. The molecule has 0 fully saturated rings. The maximum atomic E-state index is 13.4. The first-order chi connectivity index (χ1) is 9.66. The Kier molecular flexibility index (Phi) is 4.71. The molecule has 2 aromatic rings. The lowest BCUT2D eigenvalue weighted by atomic mass is 10.1. The number of hydrogen-bond acceptors (Lipinski definition) is 2. The number of nitrogens with two attached hydrogens (primary N) is 1. The minimum Gasteiger partial charge on any atom is -0.398 e. The van der Waals surface area contributed by atoms with Gasteiger partial charge in [0.1, 0.15) is 5.82 Å². The molecule has 0 spiro atoms. The van der Waals surface area contributed by atoms with Gasteiger partial charge < -0.3 is 11.1 Å². The smallest absolute Gasteiger partial charge is 0.224 e. The average molecular weight is 272 g/mol. The number of anilines is 1. The van der Waals surface area contributed by atoms with Crippen LogP contribution in [0.5, 0.6) is 0 Å². The van der Waals surface area contributed by atoms with Crippen LogP contribution in [0.3, 0.4) is 0 Å². The monoisotopic (exact) mass is 272 g/mol. The number of benzene rings is 2. The fourth-order valence-electron chi connectivity index (χ4n) is 1.97. The van der Waals surface area contributed by atoms with Gasteiger partial charge in [-0.15, -0.1) is 0 Å². The topological polar surface area (TPSA) is 55.1 Å². The van der Waals surface area contributed by atoms with Crippen molar-refractivity contribution in [2.45, 2.75) is 12.8 Å². The van der Waals surface area contributed by atoms with E-state index in [1.54, 1.807) is 24.3 Å². The van der Waals surface area contributed by atoms with Gasteiger partial charge >= 0.3 is 0 Å². The average Bonchev–Trinajstić information content (AvgIpc) is 2.43. The normalized spacial score (nSPS) is 10.2. The second kappa shape index (κ2) is 6.70. The molecule has 0 aromatic heterocycles. The minimum atomic E-state index is -0.242. The lowest BCUT2D eigenvalue weighted by Gasteiger charge is -2.07. The summed E-state index contributed by atoms with van der Waals surface area (Å²) in [5.41, 5.74) is 7.79. The first-order valence-electron chi connectivity index (χ1n) is 6.50. The Morgan fingerprint density at radius 3 is 2.40 bits per heavy atom. The molecule has 20 heavy (non-hydrogen) atoms. The molecule has 104 valence electrons. The molecule has 4 heteroatoms. The Morgan fingerprint density at radius 1 is 1.05 bits per heavy atom. The predicted molar refractivity (Wildman–Crippen MR) is 77.7 cm³/mol. The number of nitrogen functional groups attached to an aromatic ring is 1. The summed E-state index contributed by atoms with van der Waals surface area (Å²) in [7, 11) is 0. The van der Waals surface area contributed by atoms with Crippen LogP contribution in [0.4, 0.5) is 10.1 Å². The van der Waals surface area contributed by atoms with Crippen molar-refractivity contribution in [1.29, 1.82) is 0 Å². The molecule has 0 aliphatic carbocycles. The summed E-state index contributed by atoms with van der Waals surface area (Å²) in [6, 6.07) is 13.8. The number of nitrogens with one attached hydrogen (secondary N) is 1. The van der Waals surface area contributed by atoms with Gasteiger partial charge in [0.2, 0.25) is 5.91 Å². The van der Waals surface area contributed by atoms with Crippen LogP contribution in [0.1, 0.15) is 11.1 Å². The van der Waals surface area contributed by atoms with Crippen LogP contribution in [0.2, 0.25) is 0 Å². The highest BCUT2D eigenvalue weighted by atomic mass is 19.1. The van der Waals surface area contributed by atoms with E-state index in [1.807, 2.05) is 18.2 Å². The van der Waals surface area contributed by atoms with Crippen LogP contribution in [-0.2, 0) is 17.6 Å². The lowest BCUT2D eigenvalue weighted by molar-refractivity contribution is -0.120. The maximum absolute atomic E-state index is 13.4. The Labute approximate surface area is 117 Å². The number of carbonyl (C=O) groups excluding carboxylic acids is 1. The van der Waals surface area contributed by atoms with Crippen molar-refractivity contribution < 1.29 is 9.18 Å². The molecule has 1 amide bonds. The standard InChI is InChI=1S/C16H17FN2O/c17-14-7-3-1-5-12(14)9-10-19-16(20)11-13-6-2-4-8-15(13)18/h1-8H,9-11,18H2,(H,19,20). The largest absolute Gasteiger partial charge is 0.398 e. The molecule has 3 N–H and O–H groups in total. The molecule has 0 heterocycles. The molecule has 0 radical (unpaired) electrons. The van der Waals surface area contributed by atoms with Gasteiger partial charge in [0.25, 0.3) is 0 Å². The van der Waals surface area contributed by atoms with E-state index in [-0.39, 0.29) is 18.1 Å². The molecule has 0 aliphatic rings. The Morgan fingerprint density at radius 2 is 1.70 bits per heavy atom. The Hall–Kier alpha value is -2.36. The zero-order valence-corrected chi connectivity index (χ0v) is 11.1. The van der Waals surface area contributed by atoms with Crippen LogP contribution in [0.25, 0.3) is 0 Å². The highest BCUT2D eigenvalue weighted by Crippen LogP contribution is 2.11. The third kappa shape index (κ3) is 3.82. The van der Waals surface area contributed by atoms with Crippen LogP contribution in [0.15, 0.2) is 48.5 Å². The minimum absolute atomic E-state index is 0.112. The molecule has 0 unspecified atom stereocenters. The molecule has 2 rings (SSSR count). The third-order valence-corrected chi connectivity index (χ3v) is 3.08. The number of halogens is 1. The van der Waals surface area contributed by atoms with E-state index in [0.29, 0.717) is 24.2 Å². The van der Waals surface area contributed by atoms with E-state index in [0.717, 1.165) is 5.56 Å². The molecule has 0 bridgehead atoms. The summed E-state index contributed by atoms with van der Waals surface area (Å²) in [6.45, 7) is 0.409. The van der Waals surface area contributed by atoms with Crippen molar-refractivity contribution in [3.05, 3.63) is 65.5 Å². The second-order valence-corrected chi connectivity index (χ2v) is 4.57. The van der Waals surface area contributed by atoms with E-state index in [1.165, 1.54) is 6.07 Å². The lowest BCUT2D eigenvalue weighted by Crippen LogP contribution is -2.27. The molecular formula is C16H17FN2O. The van der Waals surface area contributed by atoms with Gasteiger partial charge in [0.15, 0.2) is 0 Å². The van der Waals surface area contributed by atoms with Gasteiger partial charge in [-0.1, -0.05) is 36.4 Å². The van der Waals surface area contributed by atoms with Crippen LogP contribution < -0.4 is 11.1 Å². The fraction of sp³-hybridized carbons (Fsp3) is 0.188. The van der Waals surface area contributed by atoms with E-state index in [4.69, 9.17) is 5.73 Å². The highest BCUT2D eigenvalue weighted by Gasteiger charge is 2.06. The number of carbonyl (C=O) groups is 1. The third-order valence-electron chi connectivity index (χ3n) is 3.08. The molecule has 0 saturated carbocycles. The van der Waals surface area contributed by atoms with Crippen molar-refractivity contribution in [3.63, 3.8) is 0 Å². The molecular weight excluding hydrogens is 255 g/mol. The number of amides is 1. The SMILES string of the molecule is Nc1ccccc1CC(=O)NCCc1ccccc1F. The Balaban J connectivity index is 1.82. The van der Waals surface area contributed by atoms with E-state index in [9.17, 15) is 9.18 Å². The zero-order valence-electron chi connectivity index (χ0n) is 11.1. The van der Waals surface area contributed by atoms with Crippen LogP contribution >= 0.6 is 0 Å². The summed E-state index contributed by atoms with van der Waals surface area (Å²) in [5, 5.41) is 2.77. The predicted octanol–water partition coefficient (Wildman–Crippen LogP) is 2.31. The summed E-state index contributed by atoms with van der Waals surface area (Å²) in [5.74, 6) is -0.353. The van der Waals surface area contributed by atoms with Crippen molar-refractivity contribution in [2.24, 2.45) is 0 Å². The van der Waals surface area contributed by atoms with Gasteiger partial charge in [-0.25, -0.2) is 4.39 Å². The summed E-state index contributed by atoms with van der Waals surface area (Å²) in [4.78, 5) is 11.8. The summed E-state index contributed by atoms with van der Waals surface area (Å²) in [6.07, 6.45) is 0.715. The molecule has 0 saturated heterocycles. The maximum Gasteiger partial charge on any atom is 0.224 e. The molecule has 0 aliphatic heterocycles. The van der Waals surface area contributed by atoms with Crippen LogP contribution in [-0.4, -0.2) is 12.5 Å². The molecule has 3 nitrogen and oxygen atoms in total. The number of hydrogen-bond donors (Lipinski definition) is 2. The van der Waals surface area contributed by atoms with Gasteiger partial charge in [0.05, 0.1) is 6.42 Å². The van der Waals surface area contributed by atoms with Crippen molar-refractivity contribution in [3.8, 4) is 0 Å². The summed E-state index contributed by atoms with van der Waals surface area (Å²) >= 11 is 0. The van der Waals surface area contributed by atoms with Crippen LogP contribution in [0, 0.1) is 5.82 Å². The van der Waals surface area contributed by atoms with Gasteiger partial charge in [-0.05, 0) is 29.7 Å². The molecule has 0 atom stereocenters. The van der Waals surface area contributed by atoms with Crippen molar-refractivity contribution in [1.82, 2.24) is 5.32 Å². The number of rotatable bonds is 5. The van der Waals surface area contributed by atoms with E-state index >= 15 is 0 Å². The zero-order chi connectivity index (χ0) is 14.4. The fourth-order valence-corrected chi connectivity index (χ4v) is 1.97. The first kappa shape index (κ1) is 14.1. The van der Waals surface area contributed by atoms with E-state index in [2.05, 4.69) is 5.32 Å². The van der Waals surface area contributed by atoms with Gasteiger partial charge in [-0.3, -0.25) is 4.79 Å². The number of para-hydroxylation sites is 1. The second-order valence-electron chi connectivity index (χ2n) is 4.57. The Bertz CT molecular complexity index is 599.